The van der Waals surface area contributed by atoms with Crippen molar-refractivity contribution in [2.24, 2.45) is 5.84 Å². The maximum absolute atomic E-state index is 5.40. The third-order valence-electron chi connectivity index (χ3n) is 3.47. The van der Waals surface area contributed by atoms with Crippen molar-refractivity contribution >= 4 is 11.8 Å². The van der Waals surface area contributed by atoms with Crippen molar-refractivity contribution in [2.45, 2.75) is 34.1 Å². The highest BCUT2D eigenvalue weighted by molar-refractivity contribution is 5.44. The number of nitrogens with one attached hydrogen (secondary N) is 1. The van der Waals surface area contributed by atoms with Crippen molar-refractivity contribution in [3.05, 3.63) is 11.8 Å². The average molecular weight is 280 g/mol. The van der Waals surface area contributed by atoms with Crippen LogP contribution in [-0.2, 0) is 0 Å². The van der Waals surface area contributed by atoms with E-state index < -0.39 is 0 Å². The summed E-state index contributed by atoms with van der Waals surface area (Å²) in [4.78, 5) is 13.3. The van der Waals surface area contributed by atoms with Gasteiger partial charge < -0.3 is 9.80 Å². The zero-order valence-corrected chi connectivity index (χ0v) is 13.2. The lowest BCUT2D eigenvalue weighted by Gasteiger charge is -2.24. The van der Waals surface area contributed by atoms with E-state index in [9.17, 15) is 0 Å². The number of nitrogens with two attached hydrogens (primary N) is 1. The largest absolute Gasteiger partial charge is 0.357 e. The number of nitrogen functional groups attached to an aromatic ring is 1. The van der Waals surface area contributed by atoms with E-state index in [0.29, 0.717) is 5.95 Å². The molecule has 1 rings (SSSR count). The first-order valence-corrected chi connectivity index (χ1v) is 7.44. The lowest BCUT2D eigenvalue weighted by Crippen LogP contribution is -2.30. The molecule has 0 saturated heterocycles. The van der Waals surface area contributed by atoms with Gasteiger partial charge in [-0.05, 0) is 39.9 Å². The number of anilines is 2. The molecule has 0 unspecified atom stereocenters. The number of rotatable bonds is 9. The Labute approximate surface area is 122 Å². The minimum Gasteiger partial charge on any atom is -0.357 e. The maximum Gasteiger partial charge on any atom is 0.239 e. The monoisotopic (exact) mass is 280 g/mol. The molecule has 3 N–H and O–H groups in total. The van der Waals surface area contributed by atoms with Gasteiger partial charge in [-0.3, -0.25) is 5.43 Å². The smallest absolute Gasteiger partial charge is 0.239 e. The summed E-state index contributed by atoms with van der Waals surface area (Å²) in [6, 6.07) is 2.00. The van der Waals surface area contributed by atoms with E-state index in [0.717, 1.165) is 50.7 Å². The van der Waals surface area contributed by atoms with Crippen LogP contribution in [0.4, 0.5) is 11.8 Å². The van der Waals surface area contributed by atoms with E-state index in [1.54, 1.807) is 0 Å². The lowest BCUT2D eigenvalue weighted by atomic mass is 10.3. The molecule has 0 aliphatic carbocycles. The Morgan fingerprint density at radius 1 is 1.10 bits per heavy atom. The van der Waals surface area contributed by atoms with Crippen molar-refractivity contribution in [1.29, 1.82) is 0 Å². The molecule has 0 radical (unpaired) electrons. The van der Waals surface area contributed by atoms with E-state index in [2.05, 4.69) is 46.0 Å². The van der Waals surface area contributed by atoms with Gasteiger partial charge in [0.1, 0.15) is 5.82 Å². The highest BCUT2D eigenvalue weighted by Crippen LogP contribution is 2.14. The topological polar surface area (TPSA) is 70.3 Å². The van der Waals surface area contributed by atoms with E-state index in [4.69, 9.17) is 5.84 Å². The SMILES string of the molecule is CCN(CC)CCCN(CC)c1cc(C)nc(NN)n1. The summed E-state index contributed by atoms with van der Waals surface area (Å²) in [5, 5.41) is 0. The van der Waals surface area contributed by atoms with Crippen LogP contribution in [0, 0.1) is 6.92 Å². The Balaban J connectivity index is 2.64. The number of aryl methyl sites for hydroxylation is 1. The standard InChI is InChI=1S/C14H28N6/c1-5-19(6-2)9-8-10-20(7-3)13-11-12(4)16-14(17-13)18-15/h11H,5-10,15H2,1-4H3,(H,16,17,18). The summed E-state index contributed by atoms with van der Waals surface area (Å²) in [7, 11) is 0. The van der Waals surface area contributed by atoms with E-state index in [1.807, 2.05) is 13.0 Å². The Hall–Kier alpha value is -1.40. The van der Waals surface area contributed by atoms with Crippen molar-refractivity contribution in [3.63, 3.8) is 0 Å². The molecule has 0 aromatic carbocycles. The minimum atomic E-state index is 0.474. The molecule has 6 heteroatoms. The summed E-state index contributed by atoms with van der Waals surface area (Å²) in [6.07, 6.45) is 1.13. The Morgan fingerprint density at radius 2 is 1.80 bits per heavy atom. The number of hydrogen-bond donors (Lipinski definition) is 2. The second kappa shape index (κ2) is 8.71. The summed E-state index contributed by atoms with van der Waals surface area (Å²) < 4.78 is 0. The van der Waals surface area contributed by atoms with Gasteiger partial charge in [-0.15, -0.1) is 0 Å². The molecule has 0 spiro atoms. The average Bonchev–Trinajstić information content (AvgIpc) is 2.47. The zero-order valence-electron chi connectivity index (χ0n) is 13.2. The molecule has 0 fully saturated rings. The quantitative estimate of drug-likeness (QED) is 0.529. The molecule has 1 aromatic heterocycles. The van der Waals surface area contributed by atoms with E-state index in [-0.39, 0.29) is 0 Å². The van der Waals surface area contributed by atoms with Crippen LogP contribution in [-0.4, -0.2) is 47.6 Å². The third kappa shape index (κ3) is 4.94. The Morgan fingerprint density at radius 3 is 2.35 bits per heavy atom. The van der Waals surface area contributed by atoms with Gasteiger partial charge in [-0.25, -0.2) is 10.8 Å². The Bertz CT molecular complexity index is 391. The van der Waals surface area contributed by atoms with Crippen molar-refractivity contribution < 1.29 is 0 Å². The number of hydrogen-bond acceptors (Lipinski definition) is 6. The van der Waals surface area contributed by atoms with Crippen molar-refractivity contribution in [3.8, 4) is 0 Å². The molecule has 0 amide bonds. The number of nitrogens with zero attached hydrogens (tertiary/aromatic N) is 4. The van der Waals surface area contributed by atoms with Gasteiger partial charge in [0.2, 0.25) is 5.95 Å². The van der Waals surface area contributed by atoms with Crippen LogP contribution >= 0.6 is 0 Å². The lowest BCUT2D eigenvalue weighted by molar-refractivity contribution is 0.300. The van der Waals surface area contributed by atoms with Gasteiger partial charge in [-0.1, -0.05) is 13.8 Å². The molecular formula is C14H28N6. The van der Waals surface area contributed by atoms with Gasteiger partial charge >= 0.3 is 0 Å². The summed E-state index contributed by atoms with van der Waals surface area (Å²) in [5.74, 6) is 6.82. The van der Waals surface area contributed by atoms with Gasteiger partial charge in [0.25, 0.3) is 0 Å². The molecule has 20 heavy (non-hydrogen) atoms. The van der Waals surface area contributed by atoms with Gasteiger partial charge in [0.15, 0.2) is 0 Å². The summed E-state index contributed by atoms with van der Waals surface area (Å²) in [5.41, 5.74) is 3.44. The molecule has 1 heterocycles. The fraction of sp³-hybridized carbons (Fsp3) is 0.714. The molecule has 6 nitrogen and oxygen atoms in total. The summed E-state index contributed by atoms with van der Waals surface area (Å²) in [6.45, 7) is 13.8. The molecular weight excluding hydrogens is 252 g/mol. The second-order valence-corrected chi connectivity index (χ2v) is 4.80. The van der Waals surface area contributed by atoms with Crippen molar-refractivity contribution in [1.82, 2.24) is 14.9 Å². The van der Waals surface area contributed by atoms with Crippen LogP contribution in [0.5, 0.6) is 0 Å². The zero-order chi connectivity index (χ0) is 15.0. The van der Waals surface area contributed by atoms with E-state index in [1.165, 1.54) is 0 Å². The summed E-state index contributed by atoms with van der Waals surface area (Å²) >= 11 is 0. The molecule has 0 aliphatic rings. The highest BCUT2D eigenvalue weighted by Gasteiger charge is 2.09. The first-order chi connectivity index (χ1) is 9.64. The van der Waals surface area contributed by atoms with Gasteiger partial charge in [0, 0.05) is 24.8 Å². The molecule has 0 aliphatic heterocycles. The molecule has 0 saturated carbocycles. The molecule has 0 bridgehead atoms. The predicted octanol–water partition coefficient (Wildman–Crippen LogP) is 1.63. The third-order valence-corrected chi connectivity index (χ3v) is 3.47. The predicted molar refractivity (Wildman–Crippen MR) is 84.9 cm³/mol. The minimum absolute atomic E-state index is 0.474. The van der Waals surface area contributed by atoms with Gasteiger partial charge in [0.05, 0.1) is 0 Å². The second-order valence-electron chi connectivity index (χ2n) is 4.80. The van der Waals surface area contributed by atoms with Crippen LogP contribution in [0.15, 0.2) is 6.07 Å². The van der Waals surface area contributed by atoms with E-state index >= 15 is 0 Å². The maximum atomic E-state index is 5.40. The normalized spacial score (nSPS) is 10.9. The first-order valence-electron chi connectivity index (χ1n) is 7.44. The molecule has 1 aromatic rings. The Kier molecular flexibility index (Phi) is 7.25. The van der Waals surface area contributed by atoms with Gasteiger partial charge in [-0.2, -0.15) is 4.98 Å². The van der Waals surface area contributed by atoms with Crippen LogP contribution in [0.1, 0.15) is 32.9 Å². The van der Waals surface area contributed by atoms with Crippen LogP contribution in [0.3, 0.4) is 0 Å². The fourth-order valence-electron chi connectivity index (χ4n) is 2.24. The first kappa shape index (κ1) is 16.7. The number of aromatic nitrogens is 2. The molecule has 114 valence electrons. The highest BCUT2D eigenvalue weighted by atomic mass is 15.3. The van der Waals surface area contributed by atoms with Crippen LogP contribution < -0.4 is 16.2 Å². The van der Waals surface area contributed by atoms with Crippen LogP contribution in [0.2, 0.25) is 0 Å². The molecule has 0 atom stereocenters. The fourth-order valence-corrected chi connectivity index (χ4v) is 2.24. The number of hydrazine groups is 1. The van der Waals surface area contributed by atoms with Crippen molar-refractivity contribution in [2.75, 3.05) is 43.0 Å². The van der Waals surface area contributed by atoms with Crippen LogP contribution in [0.25, 0.3) is 0 Å².